The second kappa shape index (κ2) is 7.71. The third-order valence-electron chi connectivity index (χ3n) is 4.02. The molecule has 1 aliphatic heterocycles. The van der Waals surface area contributed by atoms with E-state index in [9.17, 15) is 9.59 Å². The molecular formula is C17H26N2O2S2. The van der Waals surface area contributed by atoms with Crippen molar-refractivity contribution in [2.45, 2.75) is 51.3 Å². The predicted molar refractivity (Wildman–Crippen MR) is 97.5 cm³/mol. The van der Waals surface area contributed by atoms with E-state index in [2.05, 4.69) is 6.07 Å². The molecule has 2 heterocycles. The minimum absolute atomic E-state index is 0.0181. The molecule has 0 saturated carbocycles. The Kier molecular flexibility index (Phi) is 6.14. The molecule has 1 aliphatic rings. The highest BCUT2D eigenvalue weighted by Crippen LogP contribution is 2.44. The number of carbonyl (C=O) groups excluding carboxylic acids is 2. The molecule has 2 amide bonds. The number of hydrogen-bond acceptors (Lipinski definition) is 4. The lowest BCUT2D eigenvalue weighted by atomic mass is 10.1. The molecule has 0 spiro atoms. The Morgan fingerprint density at radius 2 is 2.04 bits per heavy atom. The Bertz CT molecular complexity index is 543. The molecular weight excluding hydrogens is 328 g/mol. The molecule has 4 nitrogen and oxygen atoms in total. The van der Waals surface area contributed by atoms with Gasteiger partial charge in [-0.2, -0.15) is 0 Å². The molecule has 23 heavy (non-hydrogen) atoms. The van der Waals surface area contributed by atoms with Crippen LogP contribution in [0.4, 0.5) is 0 Å². The van der Waals surface area contributed by atoms with Crippen molar-refractivity contribution in [1.29, 1.82) is 0 Å². The first-order valence-electron chi connectivity index (χ1n) is 8.12. The van der Waals surface area contributed by atoms with Gasteiger partial charge in [0.25, 0.3) is 0 Å². The minimum Gasteiger partial charge on any atom is -0.338 e. The minimum atomic E-state index is -0.0203. The normalized spacial score (nSPS) is 21.5. The zero-order valence-electron chi connectivity index (χ0n) is 14.5. The van der Waals surface area contributed by atoms with Crippen molar-refractivity contribution in [1.82, 2.24) is 9.80 Å². The maximum absolute atomic E-state index is 12.5. The molecule has 0 bridgehead atoms. The summed E-state index contributed by atoms with van der Waals surface area (Å²) in [5.41, 5.74) is 0. The van der Waals surface area contributed by atoms with E-state index < -0.39 is 0 Å². The summed E-state index contributed by atoms with van der Waals surface area (Å²) in [5, 5.41) is 2.11. The van der Waals surface area contributed by atoms with Crippen LogP contribution in [0.3, 0.4) is 0 Å². The molecule has 2 atom stereocenters. The average Bonchev–Trinajstić information content (AvgIpc) is 3.09. The van der Waals surface area contributed by atoms with Gasteiger partial charge in [-0.1, -0.05) is 19.9 Å². The highest BCUT2D eigenvalue weighted by Gasteiger charge is 2.39. The first-order valence-corrected chi connectivity index (χ1v) is 9.95. The van der Waals surface area contributed by atoms with E-state index in [4.69, 9.17) is 0 Å². The molecule has 1 fully saturated rings. The van der Waals surface area contributed by atoms with Gasteiger partial charge in [0, 0.05) is 29.9 Å². The van der Waals surface area contributed by atoms with Crippen molar-refractivity contribution in [3.05, 3.63) is 22.4 Å². The van der Waals surface area contributed by atoms with Crippen LogP contribution in [0.5, 0.6) is 0 Å². The molecule has 0 aromatic carbocycles. The summed E-state index contributed by atoms with van der Waals surface area (Å²) in [7, 11) is 0. The lowest BCUT2D eigenvalue weighted by Gasteiger charge is -2.32. The van der Waals surface area contributed by atoms with E-state index in [1.165, 1.54) is 4.88 Å². The monoisotopic (exact) mass is 354 g/mol. The number of thiophene rings is 1. The highest BCUT2D eigenvalue weighted by atomic mass is 32.2. The van der Waals surface area contributed by atoms with E-state index in [-0.39, 0.29) is 34.4 Å². The molecule has 0 aliphatic carbocycles. The summed E-state index contributed by atoms with van der Waals surface area (Å²) >= 11 is 3.38. The Hall–Kier alpha value is -1.01. The Labute approximate surface area is 147 Å². The third kappa shape index (κ3) is 4.10. The maximum atomic E-state index is 12.5. The number of carbonyl (C=O) groups is 2. The molecule has 0 unspecified atom stereocenters. The van der Waals surface area contributed by atoms with Crippen LogP contribution in [0.25, 0.3) is 0 Å². The summed E-state index contributed by atoms with van der Waals surface area (Å²) in [5.74, 6) is 0.308. The standard InChI is InChI=1S/C17H26N2O2S2/c1-11(2)15(20)18(12(3)4)8-9-19-16(21)13(5)23-17(19)14-7-6-10-22-14/h6-7,10-13,17H,8-9H2,1-5H3/t13-,17-/m1/s1. The van der Waals surface area contributed by atoms with Gasteiger partial charge >= 0.3 is 0 Å². The fourth-order valence-electron chi connectivity index (χ4n) is 2.72. The molecule has 0 N–H and O–H groups in total. The summed E-state index contributed by atoms with van der Waals surface area (Å²) in [6, 6.07) is 4.25. The van der Waals surface area contributed by atoms with Crippen molar-refractivity contribution in [3.8, 4) is 0 Å². The zero-order valence-corrected chi connectivity index (χ0v) is 16.1. The first-order chi connectivity index (χ1) is 10.8. The summed E-state index contributed by atoms with van der Waals surface area (Å²) in [6.45, 7) is 11.1. The molecule has 1 aromatic rings. The van der Waals surface area contributed by atoms with Crippen LogP contribution in [0.1, 0.15) is 44.9 Å². The van der Waals surface area contributed by atoms with Crippen LogP contribution < -0.4 is 0 Å². The highest BCUT2D eigenvalue weighted by molar-refractivity contribution is 8.01. The summed E-state index contributed by atoms with van der Waals surface area (Å²) in [4.78, 5) is 29.9. The largest absolute Gasteiger partial charge is 0.338 e. The van der Waals surface area contributed by atoms with E-state index in [1.807, 2.05) is 55.9 Å². The van der Waals surface area contributed by atoms with Gasteiger partial charge in [0.2, 0.25) is 11.8 Å². The smallest absolute Gasteiger partial charge is 0.236 e. The van der Waals surface area contributed by atoms with Crippen LogP contribution >= 0.6 is 23.1 Å². The van der Waals surface area contributed by atoms with E-state index in [0.29, 0.717) is 13.1 Å². The van der Waals surface area contributed by atoms with Crippen molar-refractivity contribution < 1.29 is 9.59 Å². The second-order valence-electron chi connectivity index (χ2n) is 6.46. The van der Waals surface area contributed by atoms with Gasteiger partial charge in [0.1, 0.15) is 5.37 Å². The van der Waals surface area contributed by atoms with Crippen LogP contribution in [0.2, 0.25) is 0 Å². The summed E-state index contributed by atoms with van der Waals surface area (Å²) in [6.07, 6.45) is 0. The van der Waals surface area contributed by atoms with Crippen LogP contribution in [0.15, 0.2) is 17.5 Å². The van der Waals surface area contributed by atoms with Crippen molar-refractivity contribution >= 4 is 34.9 Å². The number of hydrogen-bond donors (Lipinski definition) is 0. The lowest BCUT2D eigenvalue weighted by molar-refractivity contribution is -0.138. The van der Waals surface area contributed by atoms with Gasteiger partial charge in [-0.05, 0) is 32.2 Å². The molecule has 2 rings (SSSR count). The molecule has 1 saturated heterocycles. The Morgan fingerprint density at radius 3 is 2.57 bits per heavy atom. The van der Waals surface area contributed by atoms with Gasteiger partial charge in [0.15, 0.2) is 0 Å². The van der Waals surface area contributed by atoms with E-state index in [1.54, 1.807) is 23.1 Å². The number of rotatable bonds is 6. The Balaban J connectivity index is 2.09. The average molecular weight is 355 g/mol. The van der Waals surface area contributed by atoms with Crippen molar-refractivity contribution in [2.75, 3.05) is 13.1 Å². The predicted octanol–water partition coefficient (Wildman–Crippen LogP) is 3.60. The fourth-order valence-corrected chi connectivity index (χ4v) is 4.98. The van der Waals surface area contributed by atoms with Gasteiger partial charge in [0.05, 0.1) is 5.25 Å². The van der Waals surface area contributed by atoms with Gasteiger partial charge < -0.3 is 9.80 Å². The number of amides is 2. The fraction of sp³-hybridized carbons (Fsp3) is 0.647. The topological polar surface area (TPSA) is 40.6 Å². The lowest BCUT2D eigenvalue weighted by Crippen LogP contribution is -2.45. The molecule has 128 valence electrons. The number of nitrogens with zero attached hydrogens (tertiary/aromatic N) is 2. The van der Waals surface area contributed by atoms with Crippen LogP contribution in [-0.4, -0.2) is 46.0 Å². The zero-order chi connectivity index (χ0) is 17.1. The first kappa shape index (κ1) is 18.3. The van der Waals surface area contributed by atoms with Gasteiger partial charge in [-0.15, -0.1) is 23.1 Å². The number of thioether (sulfide) groups is 1. The van der Waals surface area contributed by atoms with Crippen molar-refractivity contribution in [3.63, 3.8) is 0 Å². The van der Waals surface area contributed by atoms with E-state index >= 15 is 0 Å². The van der Waals surface area contributed by atoms with Crippen molar-refractivity contribution in [2.24, 2.45) is 5.92 Å². The Morgan fingerprint density at radius 1 is 1.35 bits per heavy atom. The molecule has 1 aromatic heterocycles. The third-order valence-corrected chi connectivity index (χ3v) is 6.47. The van der Waals surface area contributed by atoms with E-state index in [0.717, 1.165) is 0 Å². The van der Waals surface area contributed by atoms with Crippen LogP contribution in [-0.2, 0) is 9.59 Å². The van der Waals surface area contributed by atoms with Gasteiger partial charge in [-0.25, -0.2) is 0 Å². The summed E-state index contributed by atoms with van der Waals surface area (Å²) < 4.78 is 0. The quantitative estimate of drug-likeness (QED) is 0.784. The van der Waals surface area contributed by atoms with Gasteiger partial charge in [-0.3, -0.25) is 9.59 Å². The van der Waals surface area contributed by atoms with Crippen LogP contribution in [0, 0.1) is 5.92 Å². The molecule has 0 radical (unpaired) electrons. The SMILES string of the molecule is CC(C)C(=O)N(CCN1C(=O)[C@@H](C)S[C@@H]1c1cccs1)C(C)C. The molecule has 6 heteroatoms. The second-order valence-corrected chi connectivity index (χ2v) is 8.86. The maximum Gasteiger partial charge on any atom is 0.236 e.